The van der Waals surface area contributed by atoms with Crippen LogP contribution in [-0.4, -0.2) is 0 Å². The van der Waals surface area contributed by atoms with Gasteiger partial charge in [0.2, 0.25) is 0 Å². The first-order valence-corrected chi connectivity index (χ1v) is 4.17. The van der Waals surface area contributed by atoms with Crippen molar-refractivity contribution < 1.29 is 4.42 Å². The van der Waals surface area contributed by atoms with E-state index in [0.29, 0.717) is 0 Å². The van der Waals surface area contributed by atoms with E-state index in [1.54, 1.807) is 19.3 Å². The first kappa shape index (κ1) is 8.05. The van der Waals surface area contributed by atoms with Gasteiger partial charge in [0.25, 0.3) is 0 Å². The lowest BCUT2D eigenvalue weighted by Gasteiger charge is -1.82. The molecule has 0 aliphatic heterocycles. The van der Waals surface area contributed by atoms with Crippen LogP contribution in [0.15, 0.2) is 33.7 Å². The molecule has 66 valence electrons. The SMILES string of the molecule is Cc1cc2ccoc2cc(C)c1=O. The molecule has 0 fully saturated rings. The summed E-state index contributed by atoms with van der Waals surface area (Å²) in [6.45, 7) is 3.62. The Bertz CT molecular complexity index is 466. The molecule has 1 heterocycles. The standard InChI is InChI=1S/C11H10O2/c1-7-5-9-3-4-13-10(9)6-8(2)11(7)12/h3-6H,1-2H3. The minimum absolute atomic E-state index is 0.0893. The number of fused-ring (bicyclic) bond motifs is 1. The first-order chi connectivity index (χ1) is 6.18. The van der Waals surface area contributed by atoms with Crippen LogP contribution in [0.2, 0.25) is 0 Å². The van der Waals surface area contributed by atoms with Crippen molar-refractivity contribution >= 4 is 11.0 Å². The van der Waals surface area contributed by atoms with Gasteiger partial charge in [0, 0.05) is 10.9 Å². The summed E-state index contributed by atoms with van der Waals surface area (Å²) < 4.78 is 5.23. The zero-order chi connectivity index (χ0) is 9.42. The molecule has 0 saturated carbocycles. The van der Waals surface area contributed by atoms with Gasteiger partial charge in [-0.05, 0) is 37.6 Å². The van der Waals surface area contributed by atoms with Crippen LogP contribution >= 0.6 is 0 Å². The van der Waals surface area contributed by atoms with Gasteiger partial charge in [-0.1, -0.05) is 0 Å². The highest BCUT2D eigenvalue weighted by Gasteiger charge is 2.00. The fourth-order valence-corrected chi connectivity index (χ4v) is 1.44. The van der Waals surface area contributed by atoms with Crippen molar-refractivity contribution in [3.63, 3.8) is 0 Å². The largest absolute Gasteiger partial charge is 0.464 e. The van der Waals surface area contributed by atoms with Gasteiger partial charge in [0.15, 0.2) is 5.43 Å². The molecule has 2 rings (SSSR count). The molecule has 0 aliphatic rings. The number of furan rings is 1. The van der Waals surface area contributed by atoms with Crippen LogP contribution in [0.4, 0.5) is 0 Å². The summed E-state index contributed by atoms with van der Waals surface area (Å²) >= 11 is 0. The number of hydrogen-bond acceptors (Lipinski definition) is 2. The van der Waals surface area contributed by atoms with E-state index < -0.39 is 0 Å². The smallest absolute Gasteiger partial charge is 0.184 e. The molecule has 0 radical (unpaired) electrons. The van der Waals surface area contributed by atoms with Crippen molar-refractivity contribution in [2.24, 2.45) is 0 Å². The predicted octanol–water partition coefficient (Wildman–Crippen LogP) is 2.41. The van der Waals surface area contributed by atoms with E-state index >= 15 is 0 Å². The van der Waals surface area contributed by atoms with Gasteiger partial charge in [0.05, 0.1) is 6.26 Å². The van der Waals surface area contributed by atoms with Crippen molar-refractivity contribution in [3.8, 4) is 0 Å². The Labute approximate surface area is 75.8 Å². The van der Waals surface area contributed by atoms with E-state index in [4.69, 9.17) is 4.42 Å². The lowest BCUT2D eigenvalue weighted by Crippen LogP contribution is -2.03. The van der Waals surface area contributed by atoms with Crippen LogP contribution in [-0.2, 0) is 0 Å². The molecule has 2 heteroatoms. The molecule has 2 aromatic rings. The van der Waals surface area contributed by atoms with E-state index in [1.165, 1.54) is 0 Å². The van der Waals surface area contributed by atoms with Crippen LogP contribution in [0.1, 0.15) is 11.1 Å². The van der Waals surface area contributed by atoms with Crippen molar-refractivity contribution in [2.75, 3.05) is 0 Å². The second-order valence-electron chi connectivity index (χ2n) is 3.22. The molecule has 0 N–H and O–H groups in total. The van der Waals surface area contributed by atoms with Crippen molar-refractivity contribution in [2.45, 2.75) is 13.8 Å². The molecule has 0 amide bonds. The minimum atomic E-state index is 0.0893. The maximum Gasteiger partial charge on any atom is 0.184 e. The van der Waals surface area contributed by atoms with Crippen LogP contribution in [0.5, 0.6) is 0 Å². The monoisotopic (exact) mass is 174 g/mol. The molecule has 13 heavy (non-hydrogen) atoms. The predicted molar refractivity (Wildman–Crippen MR) is 52.0 cm³/mol. The maximum absolute atomic E-state index is 11.5. The van der Waals surface area contributed by atoms with Crippen molar-refractivity contribution in [1.29, 1.82) is 0 Å². The third-order valence-corrected chi connectivity index (χ3v) is 2.16. The quantitative estimate of drug-likeness (QED) is 0.614. The van der Waals surface area contributed by atoms with Crippen molar-refractivity contribution in [3.05, 3.63) is 45.8 Å². The third-order valence-electron chi connectivity index (χ3n) is 2.16. The average Bonchev–Trinajstić information content (AvgIpc) is 2.47. The van der Waals surface area contributed by atoms with E-state index in [2.05, 4.69) is 0 Å². The lowest BCUT2D eigenvalue weighted by atomic mass is 10.2. The van der Waals surface area contributed by atoms with Crippen LogP contribution in [0.25, 0.3) is 11.0 Å². The van der Waals surface area contributed by atoms with Gasteiger partial charge >= 0.3 is 0 Å². The molecular formula is C11H10O2. The minimum Gasteiger partial charge on any atom is -0.464 e. The summed E-state index contributed by atoms with van der Waals surface area (Å²) in [5.41, 5.74) is 2.34. The Morgan fingerprint density at radius 1 is 1.15 bits per heavy atom. The molecule has 1 aromatic heterocycles. The Kier molecular flexibility index (Phi) is 1.69. The van der Waals surface area contributed by atoms with Gasteiger partial charge in [0.1, 0.15) is 5.58 Å². The van der Waals surface area contributed by atoms with E-state index in [-0.39, 0.29) is 5.43 Å². The summed E-state index contributed by atoms with van der Waals surface area (Å²) in [7, 11) is 0. The molecular weight excluding hydrogens is 164 g/mol. The van der Waals surface area contributed by atoms with Crippen LogP contribution in [0.3, 0.4) is 0 Å². The molecule has 2 nitrogen and oxygen atoms in total. The molecule has 0 saturated heterocycles. The van der Waals surface area contributed by atoms with Gasteiger partial charge in [-0.2, -0.15) is 0 Å². The van der Waals surface area contributed by atoms with Gasteiger partial charge in [-0.15, -0.1) is 0 Å². The van der Waals surface area contributed by atoms with Crippen LogP contribution < -0.4 is 5.43 Å². The molecule has 0 aliphatic carbocycles. The lowest BCUT2D eigenvalue weighted by molar-refractivity contribution is 0.616. The summed E-state index contributed by atoms with van der Waals surface area (Å²) in [6.07, 6.45) is 1.63. The first-order valence-electron chi connectivity index (χ1n) is 4.17. The van der Waals surface area contributed by atoms with E-state index in [1.807, 2.05) is 19.1 Å². The molecule has 0 unspecified atom stereocenters. The second-order valence-corrected chi connectivity index (χ2v) is 3.22. The van der Waals surface area contributed by atoms with Gasteiger partial charge in [-0.3, -0.25) is 4.79 Å². The van der Waals surface area contributed by atoms with Crippen molar-refractivity contribution in [1.82, 2.24) is 0 Å². The molecule has 0 spiro atoms. The highest BCUT2D eigenvalue weighted by atomic mass is 16.3. The second kappa shape index (κ2) is 2.73. The number of hydrogen-bond donors (Lipinski definition) is 0. The Morgan fingerprint density at radius 2 is 1.85 bits per heavy atom. The fourth-order valence-electron chi connectivity index (χ4n) is 1.44. The summed E-state index contributed by atoms with van der Waals surface area (Å²) in [5, 5.41) is 0.975. The normalized spacial score (nSPS) is 10.6. The Hall–Kier alpha value is -1.57. The molecule has 0 atom stereocenters. The summed E-state index contributed by atoms with van der Waals surface area (Å²) in [4.78, 5) is 11.5. The third kappa shape index (κ3) is 1.24. The highest BCUT2D eigenvalue weighted by Crippen LogP contribution is 2.14. The van der Waals surface area contributed by atoms with Gasteiger partial charge < -0.3 is 4.42 Å². The summed E-state index contributed by atoms with van der Waals surface area (Å²) in [6, 6.07) is 5.50. The zero-order valence-electron chi connectivity index (χ0n) is 7.63. The molecule has 1 aromatic carbocycles. The van der Waals surface area contributed by atoms with Gasteiger partial charge in [-0.25, -0.2) is 0 Å². The Balaban J connectivity index is 3.02. The maximum atomic E-state index is 11.5. The van der Waals surface area contributed by atoms with E-state index in [0.717, 1.165) is 22.1 Å². The average molecular weight is 174 g/mol. The number of aryl methyl sites for hydroxylation is 2. The number of rotatable bonds is 0. The van der Waals surface area contributed by atoms with Crippen LogP contribution in [0, 0.1) is 13.8 Å². The highest BCUT2D eigenvalue weighted by molar-refractivity contribution is 5.77. The zero-order valence-corrected chi connectivity index (χ0v) is 7.63. The topological polar surface area (TPSA) is 30.2 Å². The Morgan fingerprint density at radius 3 is 2.62 bits per heavy atom. The fraction of sp³-hybridized carbons (Fsp3) is 0.182. The summed E-state index contributed by atoms with van der Waals surface area (Å²) in [5.74, 6) is 0. The molecule has 0 bridgehead atoms. The van der Waals surface area contributed by atoms with E-state index in [9.17, 15) is 4.79 Å².